The second-order valence-corrected chi connectivity index (χ2v) is 5.47. The molecule has 0 spiro atoms. The molecule has 1 fully saturated rings. The summed E-state index contributed by atoms with van der Waals surface area (Å²) in [4.78, 5) is 13.6. The Hall–Kier alpha value is -1.31. The van der Waals surface area contributed by atoms with Gasteiger partial charge in [-0.25, -0.2) is 0 Å². The van der Waals surface area contributed by atoms with E-state index in [9.17, 15) is 9.90 Å². The summed E-state index contributed by atoms with van der Waals surface area (Å²) in [6.07, 6.45) is 0. The molecule has 0 amide bonds. The van der Waals surface area contributed by atoms with Crippen LogP contribution in [0, 0.1) is 0 Å². The smallest absolute Gasteiger partial charge is 0.325 e. The third-order valence-electron chi connectivity index (χ3n) is 3.44. The van der Waals surface area contributed by atoms with Crippen molar-refractivity contribution >= 4 is 21.9 Å². The number of hydrogen-bond donors (Lipinski definition) is 1. The van der Waals surface area contributed by atoms with Gasteiger partial charge in [0.2, 0.25) is 0 Å². The van der Waals surface area contributed by atoms with Crippen LogP contribution in [0.5, 0.6) is 11.5 Å². The Morgan fingerprint density at radius 1 is 1.29 bits per heavy atom. The normalized spacial score (nSPS) is 17.3. The monoisotopic (exact) mass is 359 g/mol. The molecule has 7 heteroatoms. The highest BCUT2D eigenvalue weighted by atomic mass is 79.9. The first-order valence-corrected chi connectivity index (χ1v) is 7.33. The van der Waals surface area contributed by atoms with E-state index in [4.69, 9.17) is 14.2 Å². The first-order chi connectivity index (χ1) is 10.1. The van der Waals surface area contributed by atoms with Gasteiger partial charge in [0.15, 0.2) is 11.5 Å². The third-order valence-corrected chi connectivity index (χ3v) is 4.13. The topological polar surface area (TPSA) is 68.2 Å². The van der Waals surface area contributed by atoms with Crippen molar-refractivity contribution in [3.05, 3.63) is 22.2 Å². The molecular weight excluding hydrogens is 342 g/mol. The average molecular weight is 360 g/mol. The Bertz CT molecular complexity index is 516. The fraction of sp³-hybridized carbons (Fsp3) is 0.500. The molecule has 1 saturated heterocycles. The molecule has 1 aliphatic rings. The number of methoxy groups -OCH3 is 2. The summed E-state index contributed by atoms with van der Waals surface area (Å²) in [6, 6.07) is 2.69. The van der Waals surface area contributed by atoms with Gasteiger partial charge in [0.25, 0.3) is 0 Å². The van der Waals surface area contributed by atoms with Crippen LogP contribution >= 0.6 is 15.9 Å². The molecule has 6 nitrogen and oxygen atoms in total. The van der Waals surface area contributed by atoms with Crippen LogP contribution in [0.25, 0.3) is 0 Å². The van der Waals surface area contributed by atoms with Crippen molar-refractivity contribution in [1.29, 1.82) is 0 Å². The molecule has 1 heterocycles. The summed E-state index contributed by atoms with van der Waals surface area (Å²) in [7, 11) is 3.07. The maximum atomic E-state index is 11.7. The maximum absolute atomic E-state index is 11.7. The molecule has 2 rings (SSSR count). The molecule has 1 N–H and O–H groups in total. The number of hydrogen-bond acceptors (Lipinski definition) is 5. The van der Waals surface area contributed by atoms with Gasteiger partial charge in [-0.1, -0.05) is 15.9 Å². The van der Waals surface area contributed by atoms with Gasteiger partial charge in [-0.2, -0.15) is 0 Å². The van der Waals surface area contributed by atoms with E-state index < -0.39 is 12.0 Å². The van der Waals surface area contributed by atoms with E-state index in [-0.39, 0.29) is 0 Å². The maximum Gasteiger partial charge on any atom is 0.325 e. The van der Waals surface area contributed by atoms with E-state index in [1.54, 1.807) is 19.2 Å². The summed E-state index contributed by atoms with van der Waals surface area (Å²) >= 11 is 3.43. The molecule has 0 saturated carbocycles. The lowest BCUT2D eigenvalue weighted by molar-refractivity contribution is -0.145. The number of aliphatic carboxylic acids is 1. The third kappa shape index (κ3) is 3.48. The lowest BCUT2D eigenvalue weighted by Crippen LogP contribution is -2.42. The van der Waals surface area contributed by atoms with Gasteiger partial charge in [0, 0.05) is 17.6 Å². The van der Waals surface area contributed by atoms with Crippen LogP contribution in [-0.2, 0) is 9.53 Å². The van der Waals surface area contributed by atoms with Crippen LogP contribution in [-0.4, -0.2) is 56.5 Å². The van der Waals surface area contributed by atoms with Crippen molar-refractivity contribution < 1.29 is 24.1 Å². The zero-order valence-electron chi connectivity index (χ0n) is 12.0. The molecule has 0 aromatic heterocycles. The van der Waals surface area contributed by atoms with Crippen LogP contribution in [0.15, 0.2) is 16.6 Å². The lowest BCUT2D eigenvalue weighted by atomic mass is 10.0. The van der Waals surface area contributed by atoms with Gasteiger partial charge in [-0.3, -0.25) is 9.69 Å². The lowest BCUT2D eigenvalue weighted by Gasteiger charge is -2.32. The minimum atomic E-state index is -0.898. The Balaban J connectivity index is 2.42. The fourth-order valence-corrected chi connectivity index (χ4v) is 2.94. The molecule has 21 heavy (non-hydrogen) atoms. The number of morpholine rings is 1. The summed E-state index contributed by atoms with van der Waals surface area (Å²) in [5.41, 5.74) is 0.641. The van der Waals surface area contributed by atoms with Gasteiger partial charge in [0.1, 0.15) is 6.04 Å². The number of halogens is 1. The molecule has 1 aromatic rings. The van der Waals surface area contributed by atoms with Crippen molar-refractivity contribution in [2.75, 3.05) is 40.5 Å². The molecule has 0 radical (unpaired) electrons. The summed E-state index contributed by atoms with van der Waals surface area (Å²) in [5.74, 6) is 0.166. The number of carboxylic acid groups (broad SMARTS) is 1. The van der Waals surface area contributed by atoms with Crippen molar-refractivity contribution in [2.45, 2.75) is 6.04 Å². The van der Waals surface area contributed by atoms with Crippen molar-refractivity contribution in [3.63, 3.8) is 0 Å². The van der Waals surface area contributed by atoms with E-state index in [0.29, 0.717) is 47.8 Å². The highest BCUT2D eigenvalue weighted by molar-refractivity contribution is 9.10. The summed E-state index contributed by atoms with van der Waals surface area (Å²) < 4.78 is 16.5. The molecule has 0 bridgehead atoms. The second kappa shape index (κ2) is 7.11. The van der Waals surface area contributed by atoms with E-state index >= 15 is 0 Å². The minimum absolute atomic E-state index is 0.509. The van der Waals surface area contributed by atoms with Crippen molar-refractivity contribution in [1.82, 2.24) is 4.90 Å². The number of ether oxygens (including phenoxy) is 3. The van der Waals surface area contributed by atoms with Crippen LogP contribution in [0.4, 0.5) is 0 Å². The van der Waals surface area contributed by atoms with Crippen LogP contribution in [0.3, 0.4) is 0 Å². The van der Waals surface area contributed by atoms with Gasteiger partial charge >= 0.3 is 5.97 Å². The molecule has 1 unspecified atom stereocenters. The van der Waals surface area contributed by atoms with Crippen molar-refractivity contribution in [2.24, 2.45) is 0 Å². The van der Waals surface area contributed by atoms with Crippen LogP contribution in [0.1, 0.15) is 11.6 Å². The Kier molecular flexibility index (Phi) is 5.44. The molecule has 1 aliphatic heterocycles. The predicted octanol–water partition coefficient (Wildman–Crippen LogP) is 1.92. The highest BCUT2D eigenvalue weighted by Gasteiger charge is 2.31. The summed E-state index contributed by atoms with van der Waals surface area (Å²) in [5, 5.41) is 9.62. The van der Waals surface area contributed by atoms with Crippen LogP contribution < -0.4 is 9.47 Å². The van der Waals surface area contributed by atoms with E-state index in [2.05, 4.69) is 15.9 Å². The average Bonchev–Trinajstić information content (AvgIpc) is 2.49. The van der Waals surface area contributed by atoms with Crippen molar-refractivity contribution in [3.8, 4) is 11.5 Å². The number of nitrogens with zero attached hydrogens (tertiary/aromatic N) is 1. The molecule has 116 valence electrons. The second-order valence-electron chi connectivity index (χ2n) is 4.62. The van der Waals surface area contributed by atoms with Gasteiger partial charge in [-0.05, 0) is 17.7 Å². The predicted molar refractivity (Wildman–Crippen MR) is 80.0 cm³/mol. The molecule has 0 aliphatic carbocycles. The first-order valence-electron chi connectivity index (χ1n) is 6.54. The number of carbonyl (C=O) groups is 1. The Morgan fingerprint density at radius 3 is 2.38 bits per heavy atom. The largest absolute Gasteiger partial charge is 0.493 e. The molecule has 1 aromatic carbocycles. The van der Waals surface area contributed by atoms with E-state index in [0.717, 1.165) is 0 Å². The van der Waals surface area contributed by atoms with Crippen LogP contribution in [0.2, 0.25) is 0 Å². The molecule has 1 atom stereocenters. The standard InChI is InChI=1S/C14H18BrNO5/c1-19-11-7-9(10(15)8-12(11)20-2)13(14(17)18)16-3-5-21-6-4-16/h7-8,13H,3-6H2,1-2H3,(H,17,18). The van der Waals surface area contributed by atoms with Gasteiger partial charge < -0.3 is 19.3 Å². The van der Waals surface area contributed by atoms with E-state index in [1.807, 2.05) is 4.90 Å². The van der Waals surface area contributed by atoms with Gasteiger partial charge in [-0.15, -0.1) is 0 Å². The fourth-order valence-electron chi connectivity index (χ4n) is 2.40. The minimum Gasteiger partial charge on any atom is -0.493 e. The summed E-state index contributed by atoms with van der Waals surface area (Å²) in [6.45, 7) is 2.24. The quantitative estimate of drug-likeness (QED) is 0.866. The first kappa shape index (κ1) is 16.1. The highest BCUT2D eigenvalue weighted by Crippen LogP contribution is 2.38. The number of benzene rings is 1. The zero-order valence-corrected chi connectivity index (χ0v) is 13.6. The Morgan fingerprint density at radius 2 is 1.86 bits per heavy atom. The number of rotatable bonds is 5. The Labute approximate surface area is 131 Å². The number of carboxylic acids is 1. The molecular formula is C14H18BrNO5. The zero-order chi connectivity index (χ0) is 15.4. The van der Waals surface area contributed by atoms with Gasteiger partial charge in [0.05, 0.1) is 27.4 Å². The SMILES string of the molecule is COc1cc(Br)c(C(C(=O)O)N2CCOCC2)cc1OC. The van der Waals surface area contributed by atoms with E-state index in [1.165, 1.54) is 7.11 Å².